The standard InChI is InChI=1S/C24H33N5O2.HI/c1-4-26-23(30)17-31-22-7-5-6-19(14-22)15-27-24(25-3)28-20-12-13-29(16-20)21-10-8-18(2)9-11-21;/h5-11,14,20H,4,12-13,15-17H2,1-3H3,(H,26,30)(H2,25,27,28);1H. The van der Waals surface area contributed by atoms with Crippen LogP contribution in [0.15, 0.2) is 53.5 Å². The van der Waals surface area contributed by atoms with E-state index in [1.54, 1.807) is 7.05 Å². The third kappa shape index (κ3) is 7.89. The number of anilines is 1. The number of ether oxygens (including phenoxy) is 1. The average Bonchev–Trinajstić information content (AvgIpc) is 3.25. The number of rotatable bonds is 8. The van der Waals surface area contributed by atoms with E-state index in [9.17, 15) is 4.79 Å². The second-order valence-corrected chi connectivity index (χ2v) is 7.73. The first kappa shape index (κ1) is 25.8. The number of hydrogen-bond acceptors (Lipinski definition) is 4. The summed E-state index contributed by atoms with van der Waals surface area (Å²) in [6, 6.07) is 16.8. The number of hydrogen-bond donors (Lipinski definition) is 3. The van der Waals surface area contributed by atoms with E-state index in [2.05, 4.69) is 57.0 Å². The normalized spacial score (nSPS) is 15.7. The highest BCUT2D eigenvalue weighted by atomic mass is 127. The number of guanidine groups is 1. The molecular weight excluding hydrogens is 517 g/mol. The molecule has 0 aliphatic carbocycles. The van der Waals surface area contributed by atoms with E-state index in [0.717, 1.165) is 31.0 Å². The molecule has 3 rings (SSSR count). The molecule has 8 heteroatoms. The molecule has 1 aliphatic rings. The highest BCUT2D eigenvalue weighted by Gasteiger charge is 2.23. The molecule has 1 heterocycles. The molecule has 0 saturated carbocycles. The molecule has 2 aromatic carbocycles. The summed E-state index contributed by atoms with van der Waals surface area (Å²) in [4.78, 5) is 18.3. The van der Waals surface area contributed by atoms with Crippen LogP contribution in [-0.4, -0.2) is 51.2 Å². The zero-order valence-corrected chi connectivity index (χ0v) is 21.4. The minimum atomic E-state index is -0.119. The fourth-order valence-electron chi connectivity index (χ4n) is 3.58. The lowest BCUT2D eigenvalue weighted by atomic mass is 10.2. The Morgan fingerprint density at radius 2 is 1.97 bits per heavy atom. The van der Waals surface area contributed by atoms with Crippen molar-refractivity contribution < 1.29 is 9.53 Å². The third-order valence-electron chi connectivity index (χ3n) is 5.25. The third-order valence-corrected chi connectivity index (χ3v) is 5.25. The predicted molar refractivity (Wildman–Crippen MR) is 141 cm³/mol. The van der Waals surface area contributed by atoms with Gasteiger partial charge in [-0.05, 0) is 50.1 Å². The van der Waals surface area contributed by atoms with Crippen LogP contribution in [0, 0.1) is 6.92 Å². The summed E-state index contributed by atoms with van der Waals surface area (Å²) in [5.74, 6) is 1.34. The number of carbonyl (C=O) groups is 1. The molecule has 3 N–H and O–H groups in total. The number of halogens is 1. The monoisotopic (exact) mass is 551 g/mol. The topological polar surface area (TPSA) is 78.0 Å². The van der Waals surface area contributed by atoms with Crippen LogP contribution >= 0.6 is 24.0 Å². The fraction of sp³-hybridized carbons (Fsp3) is 0.417. The molecule has 1 aliphatic heterocycles. The zero-order valence-electron chi connectivity index (χ0n) is 19.1. The SMILES string of the molecule is CCNC(=O)COc1cccc(CNC(=NC)NC2CCN(c3ccc(C)cc3)C2)c1.I. The van der Waals surface area contributed by atoms with E-state index in [1.807, 2.05) is 31.2 Å². The van der Waals surface area contributed by atoms with E-state index in [0.29, 0.717) is 24.9 Å². The molecule has 1 saturated heterocycles. The van der Waals surface area contributed by atoms with E-state index >= 15 is 0 Å². The summed E-state index contributed by atoms with van der Waals surface area (Å²) in [6.45, 7) is 7.21. The number of carbonyl (C=O) groups excluding carboxylic acids is 1. The van der Waals surface area contributed by atoms with Gasteiger partial charge in [0.2, 0.25) is 0 Å². The number of likely N-dealkylation sites (N-methyl/N-ethyl adjacent to an activating group) is 1. The quantitative estimate of drug-likeness (QED) is 0.267. The van der Waals surface area contributed by atoms with Crippen LogP contribution < -0.4 is 25.6 Å². The Labute approximate surface area is 208 Å². The van der Waals surface area contributed by atoms with Crippen molar-refractivity contribution in [2.45, 2.75) is 32.9 Å². The maximum absolute atomic E-state index is 11.6. The largest absolute Gasteiger partial charge is 0.484 e. The van der Waals surface area contributed by atoms with Gasteiger partial charge in [-0.3, -0.25) is 9.79 Å². The van der Waals surface area contributed by atoms with Crippen molar-refractivity contribution in [3.05, 3.63) is 59.7 Å². The molecule has 1 amide bonds. The van der Waals surface area contributed by atoms with Crippen molar-refractivity contribution in [3.8, 4) is 5.75 Å². The number of aliphatic imine (C=N–C) groups is 1. The van der Waals surface area contributed by atoms with E-state index < -0.39 is 0 Å². The molecule has 7 nitrogen and oxygen atoms in total. The van der Waals surface area contributed by atoms with Gasteiger partial charge in [-0.1, -0.05) is 29.8 Å². The number of nitrogens with one attached hydrogen (secondary N) is 3. The Balaban J connectivity index is 0.00000363. The van der Waals surface area contributed by atoms with Crippen LogP contribution in [0.25, 0.3) is 0 Å². The zero-order chi connectivity index (χ0) is 22.1. The Kier molecular flexibility index (Phi) is 10.6. The highest BCUT2D eigenvalue weighted by molar-refractivity contribution is 14.0. The number of nitrogens with zero attached hydrogens (tertiary/aromatic N) is 2. The molecule has 2 aromatic rings. The predicted octanol–water partition coefficient (Wildman–Crippen LogP) is 3.07. The Morgan fingerprint density at radius 3 is 2.69 bits per heavy atom. The van der Waals surface area contributed by atoms with Crippen LogP contribution in [0.4, 0.5) is 5.69 Å². The molecule has 32 heavy (non-hydrogen) atoms. The summed E-state index contributed by atoms with van der Waals surface area (Å²) in [6.07, 6.45) is 1.07. The summed E-state index contributed by atoms with van der Waals surface area (Å²) in [5, 5.41) is 9.63. The highest BCUT2D eigenvalue weighted by Crippen LogP contribution is 2.20. The minimum Gasteiger partial charge on any atom is -0.484 e. The Hall–Kier alpha value is -2.49. The lowest BCUT2D eigenvalue weighted by molar-refractivity contribution is -0.122. The van der Waals surface area contributed by atoms with Crippen LogP contribution in [0.5, 0.6) is 5.75 Å². The minimum absolute atomic E-state index is 0. The Bertz CT molecular complexity index is 888. The Morgan fingerprint density at radius 1 is 1.19 bits per heavy atom. The first-order chi connectivity index (χ1) is 15.1. The van der Waals surface area contributed by atoms with Crippen LogP contribution in [0.2, 0.25) is 0 Å². The van der Waals surface area contributed by atoms with Crippen molar-refractivity contribution in [3.63, 3.8) is 0 Å². The molecule has 0 radical (unpaired) electrons. The first-order valence-corrected chi connectivity index (χ1v) is 10.8. The van der Waals surface area contributed by atoms with Gasteiger partial charge in [-0.2, -0.15) is 0 Å². The second-order valence-electron chi connectivity index (χ2n) is 7.73. The summed E-state index contributed by atoms with van der Waals surface area (Å²) >= 11 is 0. The van der Waals surface area contributed by atoms with Gasteiger partial charge in [0.25, 0.3) is 5.91 Å². The van der Waals surface area contributed by atoms with Crippen LogP contribution in [0.3, 0.4) is 0 Å². The molecule has 0 spiro atoms. The van der Waals surface area contributed by atoms with Crippen molar-refractivity contribution >= 4 is 41.5 Å². The molecule has 1 fully saturated rings. The lowest BCUT2D eigenvalue weighted by Gasteiger charge is -2.20. The molecular formula is C24H34IN5O2. The smallest absolute Gasteiger partial charge is 0.257 e. The lowest BCUT2D eigenvalue weighted by Crippen LogP contribution is -2.44. The van der Waals surface area contributed by atoms with Crippen molar-refractivity contribution in [2.75, 3.05) is 38.2 Å². The van der Waals surface area contributed by atoms with Gasteiger partial charge in [0.1, 0.15) is 5.75 Å². The van der Waals surface area contributed by atoms with Gasteiger partial charge in [0.05, 0.1) is 0 Å². The molecule has 1 atom stereocenters. The van der Waals surface area contributed by atoms with Gasteiger partial charge < -0.3 is 25.6 Å². The molecule has 0 bridgehead atoms. The fourth-order valence-corrected chi connectivity index (χ4v) is 3.58. The van der Waals surface area contributed by atoms with E-state index in [-0.39, 0.29) is 36.5 Å². The first-order valence-electron chi connectivity index (χ1n) is 10.8. The van der Waals surface area contributed by atoms with Crippen molar-refractivity contribution in [1.29, 1.82) is 0 Å². The average molecular weight is 551 g/mol. The molecule has 1 unspecified atom stereocenters. The maximum Gasteiger partial charge on any atom is 0.257 e. The molecule has 174 valence electrons. The van der Waals surface area contributed by atoms with Gasteiger partial charge in [-0.25, -0.2) is 0 Å². The van der Waals surface area contributed by atoms with Gasteiger partial charge >= 0.3 is 0 Å². The van der Waals surface area contributed by atoms with Crippen molar-refractivity contribution in [1.82, 2.24) is 16.0 Å². The second kappa shape index (κ2) is 13.1. The number of amides is 1. The molecule has 0 aromatic heterocycles. The summed E-state index contributed by atoms with van der Waals surface area (Å²) in [5.41, 5.74) is 3.60. The van der Waals surface area contributed by atoms with E-state index in [1.165, 1.54) is 11.3 Å². The van der Waals surface area contributed by atoms with Crippen molar-refractivity contribution in [2.24, 2.45) is 4.99 Å². The van der Waals surface area contributed by atoms with E-state index in [4.69, 9.17) is 4.74 Å². The van der Waals surface area contributed by atoms with Gasteiger partial charge in [0, 0.05) is 45.0 Å². The maximum atomic E-state index is 11.6. The van der Waals surface area contributed by atoms with Crippen LogP contribution in [-0.2, 0) is 11.3 Å². The van der Waals surface area contributed by atoms with Gasteiger partial charge in [0.15, 0.2) is 12.6 Å². The summed E-state index contributed by atoms with van der Waals surface area (Å²) in [7, 11) is 1.79. The number of benzene rings is 2. The number of aryl methyl sites for hydroxylation is 1. The van der Waals surface area contributed by atoms with Crippen LogP contribution in [0.1, 0.15) is 24.5 Å². The summed E-state index contributed by atoms with van der Waals surface area (Å²) < 4.78 is 5.57. The van der Waals surface area contributed by atoms with Gasteiger partial charge in [-0.15, -0.1) is 24.0 Å².